The van der Waals surface area contributed by atoms with E-state index >= 15 is 0 Å². The minimum atomic E-state index is -3.54. The van der Waals surface area contributed by atoms with E-state index in [4.69, 9.17) is 5.73 Å². The van der Waals surface area contributed by atoms with Crippen molar-refractivity contribution in [3.63, 3.8) is 0 Å². The summed E-state index contributed by atoms with van der Waals surface area (Å²) in [5, 5.41) is 3.01. The summed E-state index contributed by atoms with van der Waals surface area (Å²) >= 11 is 0. The molecule has 2 unspecified atom stereocenters. The van der Waals surface area contributed by atoms with E-state index < -0.39 is 15.6 Å². The zero-order chi connectivity index (χ0) is 20.2. The predicted molar refractivity (Wildman–Crippen MR) is 108 cm³/mol. The lowest BCUT2D eigenvalue weighted by molar-refractivity contribution is 0.0895. The lowest BCUT2D eigenvalue weighted by Crippen LogP contribution is -2.52. The SMILES string of the molecule is CCC(CC)(CN)NC(=O)c1ccc(S(=O)(=O)N2CC(C)CC(C)C2)cc1. The van der Waals surface area contributed by atoms with Crippen molar-refractivity contribution >= 4 is 15.9 Å². The molecule has 1 saturated heterocycles. The Bertz CT molecular complexity index is 724. The number of carbonyl (C=O) groups is 1. The van der Waals surface area contributed by atoms with Crippen molar-refractivity contribution in [1.82, 2.24) is 9.62 Å². The van der Waals surface area contributed by atoms with Gasteiger partial charge in [-0.3, -0.25) is 4.79 Å². The van der Waals surface area contributed by atoms with E-state index in [-0.39, 0.29) is 10.8 Å². The van der Waals surface area contributed by atoms with E-state index in [1.807, 2.05) is 13.8 Å². The molecule has 27 heavy (non-hydrogen) atoms. The van der Waals surface area contributed by atoms with Crippen molar-refractivity contribution in [2.24, 2.45) is 17.6 Å². The molecule has 1 aromatic carbocycles. The van der Waals surface area contributed by atoms with E-state index in [1.165, 1.54) is 12.1 Å². The molecular formula is C20H33N3O3S. The third kappa shape index (κ3) is 4.89. The number of piperidine rings is 1. The molecule has 1 aliphatic rings. The number of nitrogens with zero attached hydrogens (tertiary/aromatic N) is 1. The molecule has 0 saturated carbocycles. The Hall–Kier alpha value is -1.44. The summed E-state index contributed by atoms with van der Waals surface area (Å²) in [4.78, 5) is 12.8. The first-order valence-electron chi connectivity index (χ1n) is 9.80. The number of nitrogens with one attached hydrogen (secondary N) is 1. The van der Waals surface area contributed by atoms with Gasteiger partial charge in [-0.2, -0.15) is 4.31 Å². The van der Waals surface area contributed by atoms with Crippen molar-refractivity contribution in [1.29, 1.82) is 0 Å². The lowest BCUT2D eigenvalue weighted by atomic mass is 9.92. The van der Waals surface area contributed by atoms with Gasteiger partial charge in [0, 0.05) is 25.2 Å². The van der Waals surface area contributed by atoms with Crippen molar-refractivity contribution < 1.29 is 13.2 Å². The van der Waals surface area contributed by atoms with Crippen LogP contribution >= 0.6 is 0 Å². The van der Waals surface area contributed by atoms with Crippen molar-refractivity contribution in [2.45, 2.75) is 57.4 Å². The van der Waals surface area contributed by atoms with Gasteiger partial charge in [-0.05, 0) is 55.4 Å². The molecule has 152 valence electrons. The van der Waals surface area contributed by atoms with Crippen LogP contribution in [0.25, 0.3) is 0 Å². The van der Waals surface area contributed by atoms with Crippen LogP contribution in [-0.4, -0.2) is 43.8 Å². The van der Waals surface area contributed by atoms with Crippen LogP contribution in [0.15, 0.2) is 29.2 Å². The summed E-state index contributed by atoms with van der Waals surface area (Å²) < 4.78 is 27.4. The second-order valence-corrected chi connectivity index (χ2v) is 9.88. The van der Waals surface area contributed by atoms with Crippen LogP contribution in [0.5, 0.6) is 0 Å². The lowest BCUT2D eigenvalue weighted by Gasteiger charge is -2.34. The molecule has 0 radical (unpaired) electrons. The van der Waals surface area contributed by atoms with Crippen LogP contribution in [0.4, 0.5) is 0 Å². The average molecular weight is 396 g/mol. The van der Waals surface area contributed by atoms with Crippen LogP contribution < -0.4 is 11.1 Å². The molecule has 1 aliphatic heterocycles. The van der Waals surface area contributed by atoms with Gasteiger partial charge >= 0.3 is 0 Å². The first-order chi connectivity index (χ1) is 12.7. The molecule has 1 amide bonds. The number of nitrogens with two attached hydrogens (primary N) is 1. The van der Waals surface area contributed by atoms with Gasteiger partial charge in [0.1, 0.15) is 0 Å². The standard InChI is InChI=1S/C20H33N3O3S/c1-5-20(6-2,14-21)22-19(24)17-7-9-18(10-8-17)27(25,26)23-12-15(3)11-16(4)13-23/h7-10,15-16H,5-6,11-14,21H2,1-4H3,(H,22,24). The molecule has 0 aromatic heterocycles. The minimum Gasteiger partial charge on any atom is -0.345 e. The smallest absolute Gasteiger partial charge is 0.251 e. The van der Waals surface area contributed by atoms with Crippen LogP contribution in [0.1, 0.15) is 57.3 Å². The van der Waals surface area contributed by atoms with Crippen LogP contribution in [0.3, 0.4) is 0 Å². The number of carbonyl (C=O) groups excluding carboxylic acids is 1. The third-order valence-electron chi connectivity index (χ3n) is 5.71. The molecule has 7 heteroatoms. The van der Waals surface area contributed by atoms with E-state index in [1.54, 1.807) is 16.4 Å². The fourth-order valence-electron chi connectivity index (χ4n) is 3.81. The molecule has 0 spiro atoms. The monoisotopic (exact) mass is 395 g/mol. The van der Waals surface area contributed by atoms with Crippen LogP contribution in [0, 0.1) is 11.8 Å². The quantitative estimate of drug-likeness (QED) is 0.742. The Morgan fingerprint density at radius 1 is 1.15 bits per heavy atom. The Morgan fingerprint density at radius 2 is 1.67 bits per heavy atom. The Kier molecular flexibility index (Phi) is 7.05. The molecule has 1 heterocycles. The number of amides is 1. The summed E-state index contributed by atoms with van der Waals surface area (Å²) in [6.45, 7) is 9.60. The summed E-state index contributed by atoms with van der Waals surface area (Å²) in [6.07, 6.45) is 2.52. The number of sulfonamides is 1. The summed E-state index contributed by atoms with van der Waals surface area (Å²) in [7, 11) is -3.54. The van der Waals surface area contributed by atoms with Crippen molar-refractivity contribution in [2.75, 3.05) is 19.6 Å². The van der Waals surface area contributed by atoms with Gasteiger partial charge in [-0.25, -0.2) is 8.42 Å². The average Bonchev–Trinajstić information content (AvgIpc) is 2.65. The second-order valence-electron chi connectivity index (χ2n) is 7.94. The maximum absolute atomic E-state index is 12.9. The fourth-order valence-corrected chi connectivity index (χ4v) is 5.49. The minimum absolute atomic E-state index is 0.228. The number of rotatable bonds is 7. The van der Waals surface area contributed by atoms with Crippen molar-refractivity contribution in [3.05, 3.63) is 29.8 Å². The number of hydrogen-bond acceptors (Lipinski definition) is 4. The normalized spacial score (nSPS) is 21.8. The number of hydrogen-bond donors (Lipinski definition) is 2. The Labute approximate surface area is 163 Å². The predicted octanol–water partition coefficient (Wildman–Crippen LogP) is 2.60. The van der Waals surface area contributed by atoms with E-state index in [2.05, 4.69) is 19.2 Å². The van der Waals surface area contributed by atoms with Gasteiger partial charge in [0.2, 0.25) is 10.0 Å². The molecule has 1 aromatic rings. The Morgan fingerprint density at radius 3 is 2.11 bits per heavy atom. The Balaban J connectivity index is 2.17. The highest BCUT2D eigenvalue weighted by Crippen LogP contribution is 2.27. The van der Waals surface area contributed by atoms with Gasteiger partial charge < -0.3 is 11.1 Å². The van der Waals surface area contributed by atoms with Crippen LogP contribution in [-0.2, 0) is 10.0 Å². The van der Waals surface area contributed by atoms with E-state index in [9.17, 15) is 13.2 Å². The van der Waals surface area contributed by atoms with E-state index in [0.29, 0.717) is 37.0 Å². The highest BCUT2D eigenvalue weighted by molar-refractivity contribution is 7.89. The molecule has 1 fully saturated rings. The zero-order valence-electron chi connectivity index (χ0n) is 16.9. The largest absolute Gasteiger partial charge is 0.345 e. The van der Waals surface area contributed by atoms with Gasteiger partial charge in [0.25, 0.3) is 5.91 Å². The zero-order valence-corrected chi connectivity index (χ0v) is 17.7. The highest BCUT2D eigenvalue weighted by Gasteiger charge is 2.32. The second kappa shape index (κ2) is 8.71. The molecule has 3 N–H and O–H groups in total. The summed E-state index contributed by atoms with van der Waals surface area (Å²) in [5.41, 5.74) is 5.85. The maximum Gasteiger partial charge on any atom is 0.251 e. The number of benzene rings is 1. The molecule has 2 atom stereocenters. The highest BCUT2D eigenvalue weighted by atomic mass is 32.2. The fraction of sp³-hybridized carbons (Fsp3) is 0.650. The summed E-state index contributed by atoms with van der Waals surface area (Å²) in [5.74, 6) is 0.468. The molecule has 6 nitrogen and oxygen atoms in total. The van der Waals surface area contributed by atoms with Crippen LogP contribution in [0.2, 0.25) is 0 Å². The molecular weight excluding hydrogens is 362 g/mol. The molecule has 0 aliphatic carbocycles. The van der Waals surface area contributed by atoms with Gasteiger partial charge in [0.15, 0.2) is 0 Å². The first-order valence-corrected chi connectivity index (χ1v) is 11.2. The molecule has 0 bridgehead atoms. The molecule has 2 rings (SSSR count). The third-order valence-corrected chi connectivity index (χ3v) is 7.56. The van der Waals surface area contributed by atoms with Crippen molar-refractivity contribution in [3.8, 4) is 0 Å². The first kappa shape index (κ1) is 21.9. The van der Waals surface area contributed by atoms with E-state index in [0.717, 1.165) is 19.3 Å². The van der Waals surface area contributed by atoms with Gasteiger partial charge in [-0.15, -0.1) is 0 Å². The van der Waals surface area contributed by atoms with Gasteiger partial charge in [0.05, 0.1) is 10.4 Å². The topological polar surface area (TPSA) is 92.5 Å². The summed E-state index contributed by atoms with van der Waals surface area (Å²) in [6, 6.07) is 6.20. The maximum atomic E-state index is 12.9. The van der Waals surface area contributed by atoms with Gasteiger partial charge in [-0.1, -0.05) is 27.7 Å².